The van der Waals surface area contributed by atoms with Crippen LogP contribution in [0, 0.1) is 0 Å². The Hall–Kier alpha value is -1.54. The van der Waals surface area contributed by atoms with Gasteiger partial charge in [-0.15, -0.1) is 0 Å². The van der Waals surface area contributed by atoms with Gasteiger partial charge in [-0.25, -0.2) is 0 Å². The van der Waals surface area contributed by atoms with E-state index in [4.69, 9.17) is 4.42 Å². The van der Waals surface area contributed by atoms with E-state index in [1.54, 1.807) is 12.5 Å². The lowest BCUT2D eigenvalue weighted by molar-refractivity contribution is 0.165. The van der Waals surface area contributed by atoms with Gasteiger partial charge in [0.05, 0.1) is 18.6 Å². The van der Waals surface area contributed by atoms with Crippen molar-refractivity contribution < 1.29 is 9.52 Å². The summed E-state index contributed by atoms with van der Waals surface area (Å²) in [7, 11) is 0. The number of rotatable bonds is 5. The number of furan rings is 1. The maximum Gasteiger partial charge on any atom is 0.0935 e. The van der Waals surface area contributed by atoms with Gasteiger partial charge in [0, 0.05) is 6.42 Å². The Morgan fingerprint density at radius 3 is 2.56 bits per heavy atom. The molecule has 1 atom stereocenters. The highest BCUT2D eigenvalue weighted by Gasteiger charge is 2.06. The van der Waals surface area contributed by atoms with Crippen molar-refractivity contribution in [3.63, 3.8) is 0 Å². The Kier molecular flexibility index (Phi) is 3.78. The summed E-state index contributed by atoms with van der Waals surface area (Å²) in [6.45, 7) is 0. The zero-order valence-corrected chi connectivity index (χ0v) is 9.17. The molecule has 2 rings (SSSR count). The van der Waals surface area contributed by atoms with Crippen molar-refractivity contribution in [3.8, 4) is 0 Å². The first-order valence-electron chi connectivity index (χ1n) is 5.57. The summed E-state index contributed by atoms with van der Waals surface area (Å²) in [5.74, 6) is 0. The van der Waals surface area contributed by atoms with Crippen molar-refractivity contribution >= 4 is 0 Å². The Morgan fingerprint density at radius 2 is 1.88 bits per heavy atom. The molecule has 0 bridgehead atoms. The van der Waals surface area contributed by atoms with Crippen molar-refractivity contribution in [2.45, 2.75) is 25.4 Å². The SMILES string of the molecule is OC(CCc1ccccc1)Cc1ccoc1. The molecule has 2 heteroatoms. The van der Waals surface area contributed by atoms with Crippen LogP contribution < -0.4 is 0 Å². The highest BCUT2D eigenvalue weighted by atomic mass is 16.3. The molecule has 0 saturated carbocycles. The van der Waals surface area contributed by atoms with Crippen LogP contribution in [-0.4, -0.2) is 11.2 Å². The van der Waals surface area contributed by atoms with E-state index >= 15 is 0 Å². The van der Waals surface area contributed by atoms with Crippen molar-refractivity contribution in [2.24, 2.45) is 0 Å². The van der Waals surface area contributed by atoms with E-state index in [2.05, 4.69) is 12.1 Å². The lowest BCUT2D eigenvalue weighted by Gasteiger charge is -2.08. The topological polar surface area (TPSA) is 33.4 Å². The van der Waals surface area contributed by atoms with E-state index < -0.39 is 0 Å². The molecule has 84 valence electrons. The van der Waals surface area contributed by atoms with Gasteiger partial charge >= 0.3 is 0 Å². The molecule has 1 aromatic carbocycles. The van der Waals surface area contributed by atoms with Crippen LogP contribution in [0.5, 0.6) is 0 Å². The van der Waals surface area contributed by atoms with Crippen molar-refractivity contribution in [1.29, 1.82) is 0 Å². The van der Waals surface area contributed by atoms with E-state index in [1.165, 1.54) is 5.56 Å². The molecule has 2 aromatic rings. The van der Waals surface area contributed by atoms with Crippen LogP contribution in [-0.2, 0) is 12.8 Å². The van der Waals surface area contributed by atoms with E-state index in [9.17, 15) is 5.11 Å². The second kappa shape index (κ2) is 5.52. The second-order valence-corrected chi connectivity index (χ2v) is 4.01. The Labute approximate surface area is 95.5 Å². The van der Waals surface area contributed by atoms with Gasteiger partial charge in [-0.1, -0.05) is 30.3 Å². The first kappa shape index (κ1) is 11.0. The lowest BCUT2D eigenvalue weighted by Crippen LogP contribution is -2.11. The number of aryl methyl sites for hydroxylation is 1. The standard InChI is InChI=1S/C14H16O2/c15-14(10-13-8-9-16-11-13)7-6-12-4-2-1-3-5-12/h1-5,8-9,11,14-15H,6-7,10H2. The van der Waals surface area contributed by atoms with Crippen LogP contribution in [0.25, 0.3) is 0 Å². The van der Waals surface area contributed by atoms with E-state index in [0.29, 0.717) is 6.42 Å². The van der Waals surface area contributed by atoms with Gasteiger partial charge in [-0.05, 0) is 30.0 Å². The molecule has 0 aliphatic carbocycles. The first-order valence-corrected chi connectivity index (χ1v) is 5.57. The van der Waals surface area contributed by atoms with E-state index in [-0.39, 0.29) is 6.10 Å². The molecule has 0 aliphatic heterocycles. The summed E-state index contributed by atoms with van der Waals surface area (Å²) < 4.78 is 4.97. The van der Waals surface area contributed by atoms with Gasteiger partial charge in [-0.3, -0.25) is 0 Å². The summed E-state index contributed by atoms with van der Waals surface area (Å²) in [5, 5.41) is 9.84. The summed E-state index contributed by atoms with van der Waals surface area (Å²) in [4.78, 5) is 0. The van der Waals surface area contributed by atoms with Crippen LogP contribution in [0.3, 0.4) is 0 Å². The number of benzene rings is 1. The fourth-order valence-corrected chi connectivity index (χ4v) is 1.76. The average molecular weight is 216 g/mol. The molecule has 1 unspecified atom stereocenters. The minimum Gasteiger partial charge on any atom is -0.472 e. The normalized spacial score (nSPS) is 12.6. The molecule has 1 N–H and O–H groups in total. The van der Waals surface area contributed by atoms with Gasteiger partial charge in [-0.2, -0.15) is 0 Å². The highest BCUT2D eigenvalue weighted by Crippen LogP contribution is 2.10. The summed E-state index contributed by atoms with van der Waals surface area (Å²) in [6, 6.07) is 12.1. The maximum atomic E-state index is 9.84. The molecule has 0 fully saturated rings. The Balaban J connectivity index is 1.78. The lowest BCUT2D eigenvalue weighted by atomic mass is 10.0. The monoisotopic (exact) mass is 216 g/mol. The van der Waals surface area contributed by atoms with Gasteiger partial charge in [0.1, 0.15) is 0 Å². The maximum absolute atomic E-state index is 9.84. The number of aliphatic hydroxyl groups is 1. The molecule has 0 amide bonds. The van der Waals surface area contributed by atoms with Crippen LogP contribution in [0.4, 0.5) is 0 Å². The molecule has 0 saturated heterocycles. The molecule has 0 radical (unpaired) electrons. The second-order valence-electron chi connectivity index (χ2n) is 4.01. The van der Waals surface area contributed by atoms with Crippen LogP contribution in [0.2, 0.25) is 0 Å². The molecule has 2 nitrogen and oxygen atoms in total. The highest BCUT2D eigenvalue weighted by molar-refractivity contribution is 5.15. The van der Waals surface area contributed by atoms with Crippen LogP contribution in [0.15, 0.2) is 53.3 Å². The third kappa shape index (κ3) is 3.24. The number of aliphatic hydroxyl groups excluding tert-OH is 1. The van der Waals surface area contributed by atoms with E-state index in [0.717, 1.165) is 18.4 Å². The quantitative estimate of drug-likeness (QED) is 0.833. The zero-order chi connectivity index (χ0) is 11.2. The third-order valence-electron chi connectivity index (χ3n) is 2.66. The predicted octanol–water partition coefficient (Wildman–Crippen LogP) is 2.82. The van der Waals surface area contributed by atoms with Gasteiger partial charge in [0.25, 0.3) is 0 Å². The largest absolute Gasteiger partial charge is 0.472 e. The molecule has 16 heavy (non-hydrogen) atoms. The smallest absolute Gasteiger partial charge is 0.0935 e. The summed E-state index contributed by atoms with van der Waals surface area (Å²) in [5.41, 5.74) is 2.33. The minimum atomic E-state index is -0.294. The Morgan fingerprint density at radius 1 is 1.06 bits per heavy atom. The molecule has 1 aromatic heterocycles. The fraction of sp³-hybridized carbons (Fsp3) is 0.286. The molecule has 0 spiro atoms. The van der Waals surface area contributed by atoms with Gasteiger partial charge in [0.2, 0.25) is 0 Å². The minimum absolute atomic E-state index is 0.294. The molecular weight excluding hydrogens is 200 g/mol. The molecule has 0 aliphatic rings. The summed E-state index contributed by atoms with van der Waals surface area (Å²) >= 11 is 0. The number of hydrogen-bond acceptors (Lipinski definition) is 2. The van der Waals surface area contributed by atoms with Crippen LogP contribution in [0.1, 0.15) is 17.5 Å². The van der Waals surface area contributed by atoms with Gasteiger partial charge < -0.3 is 9.52 Å². The predicted molar refractivity (Wildman–Crippen MR) is 63.2 cm³/mol. The zero-order valence-electron chi connectivity index (χ0n) is 9.17. The first-order chi connectivity index (χ1) is 7.84. The van der Waals surface area contributed by atoms with Crippen LogP contribution >= 0.6 is 0 Å². The molecule has 1 heterocycles. The average Bonchev–Trinajstić information content (AvgIpc) is 2.81. The van der Waals surface area contributed by atoms with Gasteiger partial charge in [0.15, 0.2) is 0 Å². The fourth-order valence-electron chi connectivity index (χ4n) is 1.76. The Bertz CT molecular complexity index is 392. The molecular formula is C14H16O2. The number of hydrogen-bond donors (Lipinski definition) is 1. The van der Waals surface area contributed by atoms with E-state index in [1.807, 2.05) is 24.3 Å². The van der Waals surface area contributed by atoms with Crippen molar-refractivity contribution in [1.82, 2.24) is 0 Å². The summed E-state index contributed by atoms with van der Waals surface area (Å²) in [6.07, 6.45) is 5.40. The van der Waals surface area contributed by atoms with Crippen molar-refractivity contribution in [3.05, 3.63) is 60.1 Å². The van der Waals surface area contributed by atoms with Crippen molar-refractivity contribution in [2.75, 3.05) is 0 Å². The third-order valence-corrected chi connectivity index (χ3v) is 2.66.